The molecule has 17 heavy (non-hydrogen) atoms. The van der Waals surface area contributed by atoms with Gasteiger partial charge in [0.25, 0.3) is 5.56 Å². The molecule has 1 rings (SSSR count). The lowest BCUT2D eigenvalue weighted by atomic mass is 10.2. The van der Waals surface area contributed by atoms with Gasteiger partial charge in [-0.15, -0.1) is 0 Å². The molecule has 5 nitrogen and oxygen atoms in total. The van der Waals surface area contributed by atoms with E-state index in [1.54, 1.807) is 21.9 Å². The first-order valence-corrected chi connectivity index (χ1v) is 6.01. The van der Waals surface area contributed by atoms with E-state index < -0.39 is 0 Å². The predicted molar refractivity (Wildman–Crippen MR) is 68.3 cm³/mol. The second-order valence-electron chi connectivity index (χ2n) is 4.41. The monoisotopic (exact) mass is 239 g/mol. The number of aliphatic hydroxyl groups is 1. The fraction of sp³-hybridized carbons (Fsp3) is 0.667. The van der Waals surface area contributed by atoms with Crippen LogP contribution in [-0.4, -0.2) is 34.4 Å². The van der Waals surface area contributed by atoms with Crippen molar-refractivity contribution in [3.8, 4) is 0 Å². The van der Waals surface area contributed by atoms with Crippen LogP contribution in [0.4, 0.5) is 5.82 Å². The van der Waals surface area contributed by atoms with Gasteiger partial charge < -0.3 is 14.6 Å². The van der Waals surface area contributed by atoms with Crippen LogP contribution in [-0.2, 0) is 6.54 Å². The minimum Gasteiger partial charge on any atom is -0.395 e. The van der Waals surface area contributed by atoms with Crippen molar-refractivity contribution < 1.29 is 5.11 Å². The van der Waals surface area contributed by atoms with Crippen molar-refractivity contribution in [3.05, 3.63) is 22.7 Å². The van der Waals surface area contributed by atoms with Gasteiger partial charge in [0.15, 0.2) is 5.82 Å². The number of rotatable bonds is 6. The zero-order valence-corrected chi connectivity index (χ0v) is 10.8. The smallest absolute Gasteiger partial charge is 0.293 e. The van der Waals surface area contributed by atoms with Crippen LogP contribution in [0.2, 0.25) is 0 Å². The highest BCUT2D eigenvalue weighted by molar-refractivity contribution is 5.35. The van der Waals surface area contributed by atoms with E-state index in [1.165, 1.54) is 0 Å². The van der Waals surface area contributed by atoms with Crippen molar-refractivity contribution in [2.24, 2.45) is 5.92 Å². The Labute approximate surface area is 102 Å². The summed E-state index contributed by atoms with van der Waals surface area (Å²) in [6.45, 7) is 7.88. The molecule has 0 fully saturated rings. The molecule has 0 saturated heterocycles. The van der Waals surface area contributed by atoms with Crippen LogP contribution in [0.25, 0.3) is 0 Å². The Morgan fingerprint density at radius 2 is 2.24 bits per heavy atom. The van der Waals surface area contributed by atoms with Gasteiger partial charge in [-0.1, -0.05) is 13.8 Å². The molecule has 1 heterocycles. The molecule has 96 valence electrons. The van der Waals surface area contributed by atoms with E-state index in [0.717, 1.165) is 0 Å². The molecule has 1 aromatic rings. The highest BCUT2D eigenvalue weighted by atomic mass is 16.3. The third kappa shape index (κ3) is 3.56. The van der Waals surface area contributed by atoms with Crippen LogP contribution >= 0.6 is 0 Å². The van der Waals surface area contributed by atoms with E-state index in [4.69, 9.17) is 5.11 Å². The molecule has 5 heteroatoms. The van der Waals surface area contributed by atoms with Crippen LogP contribution in [0, 0.1) is 5.92 Å². The van der Waals surface area contributed by atoms with Crippen molar-refractivity contribution in [2.45, 2.75) is 27.3 Å². The van der Waals surface area contributed by atoms with Gasteiger partial charge in [-0.2, -0.15) is 0 Å². The van der Waals surface area contributed by atoms with Gasteiger partial charge in [-0.25, -0.2) is 4.98 Å². The van der Waals surface area contributed by atoms with Crippen molar-refractivity contribution in [1.29, 1.82) is 0 Å². The van der Waals surface area contributed by atoms with Crippen molar-refractivity contribution in [2.75, 3.05) is 24.6 Å². The third-order valence-corrected chi connectivity index (χ3v) is 2.51. The molecule has 0 unspecified atom stereocenters. The van der Waals surface area contributed by atoms with Gasteiger partial charge in [-0.05, 0) is 12.8 Å². The summed E-state index contributed by atoms with van der Waals surface area (Å²) in [7, 11) is 0. The van der Waals surface area contributed by atoms with Crippen molar-refractivity contribution in [3.63, 3.8) is 0 Å². The molecule has 0 bridgehead atoms. The summed E-state index contributed by atoms with van der Waals surface area (Å²) >= 11 is 0. The highest BCUT2D eigenvalue weighted by Crippen LogP contribution is 2.04. The van der Waals surface area contributed by atoms with Gasteiger partial charge in [0.2, 0.25) is 0 Å². The van der Waals surface area contributed by atoms with E-state index in [2.05, 4.69) is 18.8 Å². The molecule has 0 atom stereocenters. The average Bonchev–Trinajstić information content (AvgIpc) is 2.29. The first-order valence-electron chi connectivity index (χ1n) is 6.01. The number of hydrogen-bond donors (Lipinski definition) is 1. The molecule has 0 radical (unpaired) electrons. The highest BCUT2D eigenvalue weighted by Gasteiger charge is 2.12. The molecule has 0 aliphatic carbocycles. The summed E-state index contributed by atoms with van der Waals surface area (Å²) < 4.78 is 1.67. The number of nitrogens with zero attached hydrogens (tertiary/aromatic N) is 3. The number of hydrogen-bond acceptors (Lipinski definition) is 4. The maximum absolute atomic E-state index is 12.2. The SMILES string of the molecule is CCN(CCO)c1nccn(CC(C)C)c1=O. The van der Waals surface area contributed by atoms with Gasteiger partial charge in [-0.3, -0.25) is 4.79 Å². The number of anilines is 1. The lowest BCUT2D eigenvalue weighted by molar-refractivity contribution is 0.302. The van der Waals surface area contributed by atoms with Crippen molar-refractivity contribution >= 4 is 5.82 Å². The van der Waals surface area contributed by atoms with Crippen LogP contribution in [0.1, 0.15) is 20.8 Å². The summed E-state index contributed by atoms with van der Waals surface area (Å²) in [6.07, 6.45) is 3.35. The minimum absolute atomic E-state index is 0.0219. The maximum atomic E-state index is 12.2. The fourth-order valence-electron chi connectivity index (χ4n) is 1.72. The predicted octanol–water partition coefficient (Wildman–Crippen LogP) is 0.718. The first-order chi connectivity index (χ1) is 8.10. The summed E-state index contributed by atoms with van der Waals surface area (Å²) in [5.74, 6) is 0.834. The van der Waals surface area contributed by atoms with Gasteiger partial charge >= 0.3 is 0 Å². The van der Waals surface area contributed by atoms with Crippen LogP contribution in [0.15, 0.2) is 17.2 Å². The molecular formula is C12H21N3O2. The normalized spacial score (nSPS) is 10.9. The number of aromatic nitrogens is 2. The lowest BCUT2D eigenvalue weighted by Gasteiger charge is -2.20. The largest absolute Gasteiger partial charge is 0.395 e. The maximum Gasteiger partial charge on any atom is 0.293 e. The summed E-state index contributed by atoms with van der Waals surface area (Å²) in [5, 5.41) is 8.96. The molecule has 0 aromatic carbocycles. The molecule has 1 aromatic heterocycles. The van der Waals surface area contributed by atoms with E-state index in [1.807, 2.05) is 6.92 Å². The van der Waals surface area contributed by atoms with Crippen LogP contribution in [0.5, 0.6) is 0 Å². The van der Waals surface area contributed by atoms with E-state index in [9.17, 15) is 4.79 Å². The third-order valence-electron chi connectivity index (χ3n) is 2.51. The summed E-state index contributed by atoms with van der Waals surface area (Å²) in [4.78, 5) is 18.1. The molecule has 0 saturated carbocycles. The van der Waals surface area contributed by atoms with Gasteiger partial charge in [0, 0.05) is 32.0 Å². The molecule has 0 amide bonds. The molecule has 0 aliphatic rings. The van der Waals surface area contributed by atoms with E-state index in [-0.39, 0.29) is 12.2 Å². The zero-order valence-electron chi connectivity index (χ0n) is 10.8. The lowest BCUT2D eigenvalue weighted by Crippen LogP contribution is -2.35. The Morgan fingerprint density at radius 1 is 1.53 bits per heavy atom. The van der Waals surface area contributed by atoms with Crippen LogP contribution < -0.4 is 10.5 Å². The van der Waals surface area contributed by atoms with Gasteiger partial charge in [0.1, 0.15) is 0 Å². The Kier molecular flexibility index (Phi) is 5.15. The second-order valence-corrected chi connectivity index (χ2v) is 4.41. The Morgan fingerprint density at radius 3 is 2.76 bits per heavy atom. The Bertz CT molecular complexity index is 401. The fourth-order valence-corrected chi connectivity index (χ4v) is 1.72. The molecular weight excluding hydrogens is 218 g/mol. The van der Waals surface area contributed by atoms with E-state index in [0.29, 0.717) is 31.4 Å². The topological polar surface area (TPSA) is 58.4 Å². The van der Waals surface area contributed by atoms with Gasteiger partial charge in [0.05, 0.1) is 6.61 Å². The summed E-state index contributed by atoms with van der Waals surface area (Å²) in [5.41, 5.74) is -0.0866. The zero-order chi connectivity index (χ0) is 12.8. The van der Waals surface area contributed by atoms with E-state index >= 15 is 0 Å². The van der Waals surface area contributed by atoms with Crippen LogP contribution in [0.3, 0.4) is 0 Å². The quantitative estimate of drug-likeness (QED) is 0.794. The van der Waals surface area contributed by atoms with Crippen molar-refractivity contribution in [1.82, 2.24) is 9.55 Å². The first kappa shape index (κ1) is 13.7. The standard InChI is InChI=1S/C12H21N3O2/c1-4-14(7-8-16)11-12(17)15(6-5-13-11)9-10(2)3/h5-6,10,16H,4,7-9H2,1-3H3. The molecule has 1 N–H and O–H groups in total. The molecule has 0 spiro atoms. The second kappa shape index (κ2) is 6.39. The Hall–Kier alpha value is -1.36. The number of likely N-dealkylation sites (N-methyl/N-ethyl adjacent to an activating group) is 1. The minimum atomic E-state index is -0.0866. The number of aliphatic hydroxyl groups excluding tert-OH is 1. The molecule has 0 aliphatic heterocycles. The Balaban J connectivity index is 3.04. The summed E-state index contributed by atoms with van der Waals surface area (Å²) in [6, 6.07) is 0. The average molecular weight is 239 g/mol.